The number of hydrogen-bond donors (Lipinski definition) is 1. The molecule has 2 aromatic rings. The second kappa shape index (κ2) is 8.97. The van der Waals surface area contributed by atoms with Crippen molar-refractivity contribution in [1.82, 2.24) is 0 Å². The molecule has 0 unspecified atom stereocenters. The Balaban J connectivity index is 2.54. The van der Waals surface area contributed by atoms with Gasteiger partial charge in [0, 0.05) is 11.9 Å². The van der Waals surface area contributed by atoms with Crippen LogP contribution in [0.5, 0.6) is 0 Å². The van der Waals surface area contributed by atoms with E-state index < -0.39 is 11.6 Å². The monoisotopic (exact) mass is 354 g/mol. The Bertz CT molecular complexity index is 935. The Morgan fingerprint density at radius 3 is 2.69 bits per heavy atom. The molecule has 0 aliphatic carbocycles. The molecule has 0 radical (unpaired) electrons. The van der Waals surface area contributed by atoms with Crippen molar-refractivity contribution in [2.45, 2.75) is 39.7 Å². The van der Waals surface area contributed by atoms with Gasteiger partial charge >= 0.3 is 11.6 Å². The number of ether oxygens (including phenoxy) is 1. The number of carbonyl (C=O) groups excluding carboxylic acids is 1. The van der Waals surface area contributed by atoms with Gasteiger partial charge in [-0.2, -0.15) is 5.26 Å². The smallest absolute Gasteiger partial charge is 0.348 e. The van der Waals surface area contributed by atoms with Gasteiger partial charge in [0.25, 0.3) is 0 Å². The molecule has 0 saturated heterocycles. The number of rotatable bonds is 7. The minimum Gasteiger partial charge on any atom is -0.462 e. The molecular formula is C20H22N2O4. The zero-order valence-corrected chi connectivity index (χ0v) is 15.0. The summed E-state index contributed by atoms with van der Waals surface area (Å²) in [6, 6.07) is 7.08. The molecule has 0 saturated carbocycles. The van der Waals surface area contributed by atoms with Crippen molar-refractivity contribution in [3.05, 3.63) is 50.9 Å². The van der Waals surface area contributed by atoms with E-state index in [1.54, 1.807) is 19.1 Å². The molecule has 0 amide bonds. The highest BCUT2D eigenvalue weighted by Crippen LogP contribution is 2.22. The highest BCUT2D eigenvalue weighted by Gasteiger charge is 2.13. The first-order valence-corrected chi connectivity index (χ1v) is 8.62. The Labute approximate surface area is 151 Å². The lowest BCUT2D eigenvalue weighted by atomic mass is 9.99. The first-order valence-electron chi connectivity index (χ1n) is 8.62. The van der Waals surface area contributed by atoms with E-state index in [2.05, 4.69) is 6.92 Å². The second-order valence-corrected chi connectivity index (χ2v) is 5.85. The highest BCUT2D eigenvalue weighted by molar-refractivity contribution is 5.98. The number of nitrogens with two attached hydrogens (primary N) is 1. The normalized spacial score (nSPS) is 11.4. The number of nitriles is 1. The lowest BCUT2D eigenvalue weighted by Gasteiger charge is -2.09. The van der Waals surface area contributed by atoms with Crippen molar-refractivity contribution in [1.29, 1.82) is 5.26 Å². The van der Waals surface area contributed by atoms with Crippen molar-refractivity contribution < 1.29 is 13.9 Å². The number of carbonyl (C=O) groups is 1. The van der Waals surface area contributed by atoms with Gasteiger partial charge in [0.1, 0.15) is 17.2 Å². The number of hydrogen-bond acceptors (Lipinski definition) is 6. The summed E-state index contributed by atoms with van der Waals surface area (Å²) in [6.07, 6.45) is 4.14. The number of esters is 1. The van der Waals surface area contributed by atoms with E-state index in [-0.39, 0.29) is 17.7 Å². The summed E-state index contributed by atoms with van der Waals surface area (Å²) < 4.78 is 10.2. The number of nitrogens with zero attached hydrogens (tertiary/aromatic N) is 1. The van der Waals surface area contributed by atoms with Gasteiger partial charge in [-0.1, -0.05) is 13.3 Å². The Hall–Kier alpha value is -2.91. The fourth-order valence-electron chi connectivity index (χ4n) is 2.66. The van der Waals surface area contributed by atoms with Crippen LogP contribution in [-0.2, 0) is 22.5 Å². The number of aryl methyl sites for hydroxylation is 1. The van der Waals surface area contributed by atoms with Crippen molar-refractivity contribution in [3.8, 4) is 6.07 Å². The second-order valence-electron chi connectivity index (χ2n) is 5.85. The van der Waals surface area contributed by atoms with Crippen LogP contribution in [0, 0.1) is 11.3 Å². The highest BCUT2D eigenvalue weighted by atomic mass is 16.5. The molecule has 2 N–H and O–H groups in total. The van der Waals surface area contributed by atoms with Gasteiger partial charge in [0.15, 0.2) is 0 Å². The summed E-state index contributed by atoms with van der Waals surface area (Å²) in [4.78, 5) is 24.0. The van der Waals surface area contributed by atoms with E-state index in [0.717, 1.165) is 30.4 Å². The summed E-state index contributed by atoms with van der Waals surface area (Å²) in [5.41, 5.74) is 7.62. The molecule has 26 heavy (non-hydrogen) atoms. The molecule has 136 valence electrons. The van der Waals surface area contributed by atoms with Crippen LogP contribution in [0.4, 0.5) is 0 Å². The number of benzene rings is 1. The molecular weight excluding hydrogens is 332 g/mol. The van der Waals surface area contributed by atoms with Gasteiger partial charge in [0.05, 0.1) is 12.2 Å². The number of fused-ring (bicyclic) bond motifs is 1. The average molecular weight is 354 g/mol. The molecule has 0 spiro atoms. The standard InChI is InChI=1S/C20H22N2O4/c1-3-5-6-13-10-18-14(8-16(13)11-21)7-15(20(24)26-18)9-17(12-22)19(23)25-4-2/h7-10H,3-6,11,21H2,1-2H3/b17-9-. The maximum absolute atomic E-state index is 12.2. The first kappa shape index (κ1) is 19.4. The van der Waals surface area contributed by atoms with Crippen LogP contribution in [0.15, 0.2) is 33.0 Å². The maximum atomic E-state index is 12.2. The molecule has 0 aliphatic rings. The molecule has 0 fully saturated rings. The molecule has 6 heteroatoms. The Morgan fingerprint density at radius 1 is 1.31 bits per heavy atom. The van der Waals surface area contributed by atoms with E-state index in [0.29, 0.717) is 17.5 Å². The Kier molecular flexibility index (Phi) is 6.70. The average Bonchev–Trinajstić information content (AvgIpc) is 2.64. The summed E-state index contributed by atoms with van der Waals surface area (Å²) >= 11 is 0. The molecule has 1 heterocycles. The quantitative estimate of drug-likeness (QED) is 0.354. The predicted octanol–water partition coefficient (Wildman–Crippen LogP) is 3.06. The number of unbranched alkanes of at least 4 members (excludes halogenated alkanes) is 1. The zero-order chi connectivity index (χ0) is 19.1. The van der Waals surface area contributed by atoms with Crippen LogP contribution in [0.2, 0.25) is 0 Å². The fourth-order valence-corrected chi connectivity index (χ4v) is 2.66. The topological polar surface area (TPSA) is 106 Å². The molecule has 1 aromatic heterocycles. The third-order valence-electron chi connectivity index (χ3n) is 4.02. The third-order valence-corrected chi connectivity index (χ3v) is 4.02. The van der Waals surface area contributed by atoms with Gasteiger partial charge in [-0.05, 0) is 55.2 Å². The van der Waals surface area contributed by atoms with Gasteiger partial charge in [0.2, 0.25) is 0 Å². The molecule has 0 atom stereocenters. The van der Waals surface area contributed by atoms with Gasteiger partial charge in [-0.15, -0.1) is 0 Å². The fraction of sp³-hybridized carbons (Fsp3) is 0.350. The summed E-state index contributed by atoms with van der Waals surface area (Å²) in [5, 5.41) is 9.81. The third kappa shape index (κ3) is 4.38. The van der Waals surface area contributed by atoms with Gasteiger partial charge in [-0.25, -0.2) is 9.59 Å². The van der Waals surface area contributed by atoms with Crippen LogP contribution in [-0.4, -0.2) is 12.6 Å². The SMILES string of the molecule is CCCCc1cc2oc(=O)c(/C=C(/C#N)C(=O)OCC)cc2cc1CN. The summed E-state index contributed by atoms with van der Waals surface area (Å²) in [6.45, 7) is 4.27. The minimum atomic E-state index is -0.771. The Morgan fingerprint density at radius 2 is 2.08 bits per heavy atom. The van der Waals surface area contributed by atoms with E-state index in [1.807, 2.05) is 12.1 Å². The van der Waals surface area contributed by atoms with E-state index >= 15 is 0 Å². The summed E-state index contributed by atoms with van der Waals surface area (Å²) in [7, 11) is 0. The summed E-state index contributed by atoms with van der Waals surface area (Å²) in [5.74, 6) is -0.771. The lowest BCUT2D eigenvalue weighted by molar-refractivity contribution is -0.137. The largest absolute Gasteiger partial charge is 0.462 e. The van der Waals surface area contributed by atoms with Gasteiger partial charge < -0.3 is 14.9 Å². The molecule has 2 rings (SSSR count). The van der Waals surface area contributed by atoms with Crippen LogP contribution < -0.4 is 11.4 Å². The minimum absolute atomic E-state index is 0.117. The zero-order valence-electron chi connectivity index (χ0n) is 15.0. The van der Waals surface area contributed by atoms with Gasteiger partial charge in [-0.3, -0.25) is 0 Å². The van der Waals surface area contributed by atoms with Crippen molar-refractivity contribution >= 4 is 23.0 Å². The van der Waals surface area contributed by atoms with Crippen LogP contribution in [0.1, 0.15) is 43.4 Å². The van der Waals surface area contributed by atoms with Crippen LogP contribution >= 0.6 is 0 Å². The van der Waals surface area contributed by atoms with Crippen LogP contribution in [0.25, 0.3) is 17.0 Å². The predicted molar refractivity (Wildman–Crippen MR) is 99.2 cm³/mol. The molecule has 1 aromatic carbocycles. The van der Waals surface area contributed by atoms with Crippen molar-refractivity contribution in [2.24, 2.45) is 5.73 Å². The maximum Gasteiger partial charge on any atom is 0.348 e. The van der Waals surface area contributed by atoms with E-state index in [9.17, 15) is 9.59 Å². The lowest BCUT2D eigenvalue weighted by Crippen LogP contribution is -2.09. The molecule has 6 nitrogen and oxygen atoms in total. The van der Waals surface area contributed by atoms with Crippen molar-refractivity contribution in [2.75, 3.05) is 6.61 Å². The van der Waals surface area contributed by atoms with Crippen molar-refractivity contribution in [3.63, 3.8) is 0 Å². The molecule has 0 aliphatic heterocycles. The van der Waals surface area contributed by atoms with E-state index in [4.69, 9.17) is 20.1 Å². The first-order chi connectivity index (χ1) is 12.5. The van der Waals surface area contributed by atoms with E-state index in [1.165, 1.54) is 6.08 Å². The van der Waals surface area contributed by atoms with Crippen LogP contribution in [0.3, 0.4) is 0 Å². The molecule has 0 bridgehead atoms.